The molecule has 1 fully saturated rings. The zero-order valence-corrected chi connectivity index (χ0v) is 8.42. The van der Waals surface area contributed by atoms with Gasteiger partial charge in [0.25, 0.3) is 0 Å². The van der Waals surface area contributed by atoms with Gasteiger partial charge in [-0.05, 0) is 13.0 Å². The average molecular weight is 214 g/mol. The van der Waals surface area contributed by atoms with Crippen molar-refractivity contribution in [2.45, 2.75) is 12.5 Å². The molecule has 0 spiro atoms. The summed E-state index contributed by atoms with van der Waals surface area (Å²) in [7, 11) is 0. The van der Waals surface area contributed by atoms with Crippen LogP contribution in [0.25, 0.3) is 0 Å². The molecule has 1 aliphatic heterocycles. The number of rotatable bonds is 3. The van der Waals surface area contributed by atoms with E-state index in [2.05, 4.69) is 10.3 Å². The second-order valence-corrected chi connectivity index (χ2v) is 3.66. The lowest BCUT2D eigenvalue weighted by atomic mass is 10.1. The lowest BCUT2D eigenvalue weighted by Crippen LogP contribution is -2.46. The van der Waals surface area contributed by atoms with E-state index in [9.17, 15) is 0 Å². The lowest BCUT2D eigenvalue weighted by molar-refractivity contribution is 0.217. The van der Waals surface area contributed by atoms with Gasteiger partial charge in [-0.3, -0.25) is 0 Å². The van der Waals surface area contributed by atoms with Crippen molar-refractivity contribution < 1.29 is 4.74 Å². The van der Waals surface area contributed by atoms with Gasteiger partial charge in [0.2, 0.25) is 0 Å². The molecule has 4 nitrogen and oxygen atoms in total. The van der Waals surface area contributed by atoms with E-state index in [0.29, 0.717) is 29.2 Å². The van der Waals surface area contributed by atoms with Crippen LogP contribution in [0.3, 0.4) is 0 Å². The van der Waals surface area contributed by atoms with E-state index < -0.39 is 0 Å². The summed E-state index contributed by atoms with van der Waals surface area (Å²) in [6.07, 6.45) is 2.74. The Morgan fingerprint density at radius 3 is 3.07 bits per heavy atom. The molecule has 1 saturated heterocycles. The van der Waals surface area contributed by atoms with E-state index in [0.717, 1.165) is 13.0 Å². The molecule has 0 radical (unpaired) electrons. The molecule has 1 aromatic heterocycles. The molecule has 2 heterocycles. The van der Waals surface area contributed by atoms with Gasteiger partial charge in [-0.1, -0.05) is 11.6 Å². The second kappa shape index (κ2) is 4.02. The molecule has 5 heteroatoms. The molecule has 2 rings (SSSR count). The van der Waals surface area contributed by atoms with Crippen LogP contribution in [0, 0.1) is 0 Å². The fraction of sp³-hybridized carbons (Fsp3) is 0.444. The van der Waals surface area contributed by atoms with Crippen LogP contribution in [0.2, 0.25) is 5.15 Å². The molecule has 3 N–H and O–H groups in total. The van der Waals surface area contributed by atoms with Crippen LogP contribution in [0.5, 0.6) is 5.75 Å². The number of aromatic nitrogens is 1. The van der Waals surface area contributed by atoms with Gasteiger partial charge in [0.05, 0.1) is 11.9 Å². The maximum Gasteiger partial charge on any atom is 0.152 e. The van der Waals surface area contributed by atoms with Crippen molar-refractivity contribution in [3.8, 4) is 5.75 Å². The van der Waals surface area contributed by atoms with Gasteiger partial charge < -0.3 is 15.8 Å². The summed E-state index contributed by atoms with van der Waals surface area (Å²) in [6.45, 7) is 1.73. The zero-order valence-electron chi connectivity index (χ0n) is 7.66. The molecule has 0 unspecified atom stereocenters. The highest BCUT2D eigenvalue weighted by Crippen LogP contribution is 2.21. The van der Waals surface area contributed by atoms with Crippen LogP contribution in [0.4, 0.5) is 5.69 Å². The normalized spacial score (nSPS) is 20.2. The highest BCUT2D eigenvalue weighted by atomic mass is 35.5. The molecule has 0 aromatic carbocycles. The maximum absolute atomic E-state index is 5.68. The molecule has 1 atom stereocenters. The van der Waals surface area contributed by atoms with Gasteiger partial charge in [-0.15, -0.1) is 0 Å². The Kier molecular flexibility index (Phi) is 2.74. The monoisotopic (exact) mass is 213 g/mol. The minimum atomic E-state index is 0.319. The quantitative estimate of drug-likeness (QED) is 0.738. The fourth-order valence-corrected chi connectivity index (χ4v) is 1.31. The third-order valence-corrected chi connectivity index (χ3v) is 2.53. The molecular weight excluding hydrogens is 202 g/mol. The Bertz CT molecular complexity index is 328. The van der Waals surface area contributed by atoms with Crippen molar-refractivity contribution in [3.63, 3.8) is 0 Å². The number of pyridine rings is 1. The van der Waals surface area contributed by atoms with Gasteiger partial charge in [-0.2, -0.15) is 0 Å². The van der Waals surface area contributed by atoms with E-state index in [1.165, 1.54) is 0 Å². The summed E-state index contributed by atoms with van der Waals surface area (Å²) in [5.74, 6) is 0.667. The number of nitrogen functional groups attached to an aromatic ring is 1. The average Bonchev–Trinajstić information content (AvgIpc) is 2.08. The van der Waals surface area contributed by atoms with Crippen molar-refractivity contribution in [1.29, 1.82) is 0 Å². The van der Waals surface area contributed by atoms with Crippen LogP contribution >= 0.6 is 11.6 Å². The molecule has 0 saturated carbocycles. The molecule has 0 aliphatic carbocycles. The van der Waals surface area contributed by atoms with E-state index >= 15 is 0 Å². The Morgan fingerprint density at radius 1 is 1.71 bits per heavy atom. The third-order valence-electron chi connectivity index (χ3n) is 2.22. The summed E-state index contributed by atoms with van der Waals surface area (Å²) in [5.41, 5.74) is 6.03. The fourth-order valence-electron chi connectivity index (χ4n) is 1.21. The Labute approximate surface area is 87.4 Å². The van der Waals surface area contributed by atoms with Crippen LogP contribution in [-0.2, 0) is 0 Å². The van der Waals surface area contributed by atoms with Gasteiger partial charge in [0.1, 0.15) is 12.4 Å². The number of anilines is 1. The highest BCUT2D eigenvalue weighted by molar-refractivity contribution is 6.31. The standard InChI is InChI=1S/C9H12ClN3O/c10-9-8(11)3-7(4-13-9)14-5-6-1-2-12-6/h3-4,6,12H,1-2,5,11H2/t6-/m1/s1. The predicted molar refractivity (Wildman–Crippen MR) is 55.6 cm³/mol. The second-order valence-electron chi connectivity index (χ2n) is 3.30. The zero-order chi connectivity index (χ0) is 9.97. The number of nitrogens with zero attached hydrogens (tertiary/aromatic N) is 1. The molecular formula is C9H12ClN3O. The Morgan fingerprint density at radius 2 is 2.50 bits per heavy atom. The smallest absolute Gasteiger partial charge is 0.152 e. The first-order valence-corrected chi connectivity index (χ1v) is 4.90. The van der Waals surface area contributed by atoms with Crippen molar-refractivity contribution >= 4 is 17.3 Å². The summed E-state index contributed by atoms with van der Waals surface area (Å²) < 4.78 is 5.48. The first-order chi connectivity index (χ1) is 6.75. The summed E-state index contributed by atoms with van der Waals surface area (Å²) >= 11 is 5.68. The van der Waals surface area contributed by atoms with Crippen LogP contribution in [-0.4, -0.2) is 24.2 Å². The van der Waals surface area contributed by atoms with Crippen molar-refractivity contribution in [1.82, 2.24) is 10.3 Å². The van der Waals surface area contributed by atoms with E-state index in [1.807, 2.05) is 0 Å². The molecule has 0 amide bonds. The van der Waals surface area contributed by atoms with Crippen molar-refractivity contribution in [3.05, 3.63) is 17.4 Å². The number of nitrogens with two attached hydrogens (primary N) is 1. The number of hydrogen-bond donors (Lipinski definition) is 2. The molecule has 1 aromatic rings. The van der Waals surface area contributed by atoms with E-state index in [-0.39, 0.29) is 0 Å². The predicted octanol–water partition coefficient (Wildman–Crippen LogP) is 1.06. The number of hydrogen-bond acceptors (Lipinski definition) is 4. The molecule has 0 bridgehead atoms. The third kappa shape index (κ3) is 2.08. The Hall–Kier alpha value is -1.00. The van der Waals surface area contributed by atoms with E-state index in [1.54, 1.807) is 12.3 Å². The first kappa shape index (κ1) is 9.55. The lowest BCUT2D eigenvalue weighted by Gasteiger charge is -2.27. The van der Waals surface area contributed by atoms with Crippen molar-refractivity contribution in [2.24, 2.45) is 0 Å². The van der Waals surface area contributed by atoms with Gasteiger partial charge in [-0.25, -0.2) is 4.98 Å². The highest BCUT2D eigenvalue weighted by Gasteiger charge is 2.16. The van der Waals surface area contributed by atoms with Crippen LogP contribution < -0.4 is 15.8 Å². The van der Waals surface area contributed by atoms with Gasteiger partial charge in [0, 0.05) is 12.1 Å². The molecule has 76 valence electrons. The summed E-state index contributed by atoms with van der Waals surface area (Å²) in [5, 5.41) is 3.56. The minimum absolute atomic E-state index is 0.319. The van der Waals surface area contributed by atoms with Crippen LogP contribution in [0.1, 0.15) is 6.42 Å². The van der Waals surface area contributed by atoms with Gasteiger partial charge in [0.15, 0.2) is 5.15 Å². The largest absolute Gasteiger partial charge is 0.490 e. The van der Waals surface area contributed by atoms with Crippen molar-refractivity contribution in [2.75, 3.05) is 18.9 Å². The number of ether oxygens (including phenoxy) is 1. The first-order valence-electron chi connectivity index (χ1n) is 4.53. The summed E-state index contributed by atoms with van der Waals surface area (Å²) in [6, 6.07) is 2.15. The SMILES string of the molecule is Nc1cc(OC[C@H]2CCN2)cnc1Cl. The van der Waals surface area contributed by atoms with Gasteiger partial charge >= 0.3 is 0 Å². The molecule has 14 heavy (non-hydrogen) atoms. The number of nitrogens with one attached hydrogen (secondary N) is 1. The minimum Gasteiger partial charge on any atom is -0.490 e. The Balaban J connectivity index is 1.91. The maximum atomic E-state index is 5.68. The summed E-state index contributed by atoms with van der Waals surface area (Å²) in [4.78, 5) is 3.90. The van der Waals surface area contributed by atoms with Crippen LogP contribution in [0.15, 0.2) is 12.3 Å². The van der Waals surface area contributed by atoms with E-state index in [4.69, 9.17) is 22.1 Å². The molecule has 1 aliphatic rings. The number of halogens is 1. The topological polar surface area (TPSA) is 60.2 Å².